The minimum atomic E-state index is 0.595. The van der Waals surface area contributed by atoms with Crippen LogP contribution in [0.1, 0.15) is 25.0 Å². The molecule has 0 aliphatic rings. The highest BCUT2D eigenvalue weighted by molar-refractivity contribution is 5.30. The van der Waals surface area contributed by atoms with Gasteiger partial charge in [0.15, 0.2) is 0 Å². The smallest absolute Gasteiger partial charge is 0.141 e. The predicted octanol–water partition coefficient (Wildman–Crippen LogP) is 3.86. The van der Waals surface area contributed by atoms with Crippen LogP contribution in [0.2, 0.25) is 0 Å². The maximum absolute atomic E-state index is 5.86. The minimum absolute atomic E-state index is 0.595. The Bertz CT molecular complexity index is 479. The molecule has 18 heavy (non-hydrogen) atoms. The standard InChI is InChI=1S/C16H19NO/c1-13(2)10-15-8-9-17-11-16(15)18-12-14-6-4-3-5-7-14/h3-9,11,13H,10,12H2,1-2H3. The van der Waals surface area contributed by atoms with Gasteiger partial charge in [0.25, 0.3) is 0 Å². The number of aromatic nitrogens is 1. The summed E-state index contributed by atoms with van der Waals surface area (Å²) in [5, 5.41) is 0. The maximum atomic E-state index is 5.86. The molecule has 0 saturated heterocycles. The van der Waals surface area contributed by atoms with Crippen LogP contribution in [0.25, 0.3) is 0 Å². The first-order chi connectivity index (χ1) is 8.75. The van der Waals surface area contributed by atoms with Gasteiger partial charge in [0, 0.05) is 6.20 Å². The molecular weight excluding hydrogens is 222 g/mol. The molecule has 0 atom stereocenters. The lowest BCUT2D eigenvalue weighted by Gasteiger charge is -2.12. The van der Waals surface area contributed by atoms with Gasteiger partial charge >= 0.3 is 0 Å². The second-order valence-corrected chi connectivity index (χ2v) is 4.86. The van der Waals surface area contributed by atoms with Crippen molar-refractivity contribution in [2.75, 3.05) is 0 Å². The van der Waals surface area contributed by atoms with Crippen molar-refractivity contribution in [2.45, 2.75) is 26.9 Å². The molecular formula is C16H19NO. The molecule has 2 aromatic rings. The normalized spacial score (nSPS) is 10.6. The molecule has 94 valence electrons. The summed E-state index contributed by atoms with van der Waals surface area (Å²) in [6, 6.07) is 12.2. The molecule has 0 aliphatic carbocycles. The van der Waals surface area contributed by atoms with Crippen molar-refractivity contribution in [3.05, 3.63) is 59.9 Å². The van der Waals surface area contributed by atoms with E-state index < -0.39 is 0 Å². The summed E-state index contributed by atoms with van der Waals surface area (Å²) in [5.41, 5.74) is 2.41. The van der Waals surface area contributed by atoms with Crippen molar-refractivity contribution >= 4 is 0 Å². The number of hydrogen-bond acceptors (Lipinski definition) is 2. The van der Waals surface area contributed by atoms with E-state index in [2.05, 4.69) is 31.0 Å². The molecule has 0 aliphatic heterocycles. The van der Waals surface area contributed by atoms with Crippen LogP contribution in [0.3, 0.4) is 0 Å². The predicted molar refractivity (Wildman–Crippen MR) is 73.6 cm³/mol. The average Bonchev–Trinajstić information content (AvgIpc) is 2.38. The topological polar surface area (TPSA) is 22.1 Å². The van der Waals surface area contributed by atoms with E-state index in [4.69, 9.17) is 4.74 Å². The summed E-state index contributed by atoms with van der Waals surface area (Å²) >= 11 is 0. The summed E-state index contributed by atoms with van der Waals surface area (Å²) in [7, 11) is 0. The fourth-order valence-corrected chi connectivity index (χ4v) is 1.88. The van der Waals surface area contributed by atoms with Crippen molar-refractivity contribution in [3.63, 3.8) is 0 Å². The van der Waals surface area contributed by atoms with Crippen LogP contribution in [0, 0.1) is 5.92 Å². The van der Waals surface area contributed by atoms with E-state index in [-0.39, 0.29) is 0 Å². The lowest BCUT2D eigenvalue weighted by atomic mass is 10.0. The second kappa shape index (κ2) is 6.20. The van der Waals surface area contributed by atoms with Gasteiger partial charge in [-0.25, -0.2) is 0 Å². The first kappa shape index (κ1) is 12.6. The number of rotatable bonds is 5. The Morgan fingerprint density at radius 3 is 2.61 bits per heavy atom. The maximum Gasteiger partial charge on any atom is 0.141 e. The SMILES string of the molecule is CC(C)Cc1ccncc1OCc1ccccc1. The van der Waals surface area contributed by atoms with Crippen LogP contribution in [-0.4, -0.2) is 4.98 Å². The molecule has 0 N–H and O–H groups in total. The lowest BCUT2D eigenvalue weighted by Crippen LogP contribution is -2.01. The highest BCUT2D eigenvalue weighted by atomic mass is 16.5. The first-order valence-corrected chi connectivity index (χ1v) is 6.35. The minimum Gasteiger partial charge on any atom is -0.487 e. The summed E-state index contributed by atoms with van der Waals surface area (Å²) in [6.07, 6.45) is 4.65. The van der Waals surface area contributed by atoms with E-state index in [1.165, 1.54) is 11.1 Å². The van der Waals surface area contributed by atoms with Crippen LogP contribution < -0.4 is 4.74 Å². The number of benzene rings is 1. The van der Waals surface area contributed by atoms with Gasteiger partial charge < -0.3 is 4.74 Å². The molecule has 0 amide bonds. The molecule has 0 radical (unpaired) electrons. The van der Waals surface area contributed by atoms with E-state index >= 15 is 0 Å². The van der Waals surface area contributed by atoms with Crippen LogP contribution >= 0.6 is 0 Å². The largest absolute Gasteiger partial charge is 0.487 e. The highest BCUT2D eigenvalue weighted by Gasteiger charge is 2.06. The summed E-state index contributed by atoms with van der Waals surface area (Å²) < 4.78 is 5.86. The van der Waals surface area contributed by atoms with Crippen molar-refractivity contribution in [1.29, 1.82) is 0 Å². The molecule has 0 saturated carbocycles. The summed E-state index contributed by atoms with van der Waals surface area (Å²) in [6.45, 7) is 5.01. The van der Waals surface area contributed by atoms with E-state index in [0.29, 0.717) is 12.5 Å². The molecule has 0 fully saturated rings. The van der Waals surface area contributed by atoms with E-state index in [9.17, 15) is 0 Å². The Morgan fingerprint density at radius 1 is 1.11 bits per heavy atom. The fraction of sp³-hybridized carbons (Fsp3) is 0.312. The number of hydrogen-bond donors (Lipinski definition) is 0. The van der Waals surface area contributed by atoms with Gasteiger partial charge in [0.05, 0.1) is 6.20 Å². The van der Waals surface area contributed by atoms with Gasteiger partial charge in [0.2, 0.25) is 0 Å². The van der Waals surface area contributed by atoms with E-state index in [1.807, 2.05) is 30.5 Å². The molecule has 1 aromatic heterocycles. The Kier molecular flexibility index (Phi) is 4.35. The number of nitrogens with zero attached hydrogens (tertiary/aromatic N) is 1. The van der Waals surface area contributed by atoms with E-state index in [0.717, 1.165) is 12.2 Å². The van der Waals surface area contributed by atoms with Gasteiger partial charge in [0.1, 0.15) is 12.4 Å². The van der Waals surface area contributed by atoms with Crippen LogP contribution in [0.4, 0.5) is 0 Å². The summed E-state index contributed by atoms with van der Waals surface area (Å²) in [4.78, 5) is 4.14. The molecule has 1 heterocycles. The molecule has 0 spiro atoms. The molecule has 0 bridgehead atoms. The molecule has 0 unspecified atom stereocenters. The van der Waals surface area contributed by atoms with Gasteiger partial charge in [-0.15, -0.1) is 0 Å². The second-order valence-electron chi connectivity index (χ2n) is 4.86. The molecule has 1 aromatic carbocycles. The third kappa shape index (κ3) is 3.59. The van der Waals surface area contributed by atoms with Gasteiger partial charge in [-0.2, -0.15) is 0 Å². The Balaban J connectivity index is 2.05. The quantitative estimate of drug-likeness (QED) is 0.793. The van der Waals surface area contributed by atoms with Crippen LogP contribution in [0.5, 0.6) is 5.75 Å². The zero-order valence-electron chi connectivity index (χ0n) is 11.0. The third-order valence-corrected chi connectivity index (χ3v) is 2.74. The Labute approximate surface area is 109 Å². The molecule has 2 heteroatoms. The zero-order chi connectivity index (χ0) is 12.8. The zero-order valence-corrected chi connectivity index (χ0v) is 11.0. The monoisotopic (exact) mass is 241 g/mol. The fourth-order valence-electron chi connectivity index (χ4n) is 1.88. The third-order valence-electron chi connectivity index (χ3n) is 2.74. The molecule has 2 rings (SSSR count). The van der Waals surface area contributed by atoms with Crippen molar-refractivity contribution < 1.29 is 4.74 Å². The number of pyridine rings is 1. The Hall–Kier alpha value is -1.83. The van der Waals surface area contributed by atoms with Crippen molar-refractivity contribution in [1.82, 2.24) is 4.98 Å². The van der Waals surface area contributed by atoms with E-state index in [1.54, 1.807) is 6.20 Å². The van der Waals surface area contributed by atoms with Gasteiger partial charge in [-0.05, 0) is 29.5 Å². The molecule has 2 nitrogen and oxygen atoms in total. The average molecular weight is 241 g/mol. The van der Waals surface area contributed by atoms with Crippen molar-refractivity contribution in [3.8, 4) is 5.75 Å². The van der Waals surface area contributed by atoms with Crippen LogP contribution in [-0.2, 0) is 13.0 Å². The Morgan fingerprint density at radius 2 is 1.89 bits per heavy atom. The van der Waals surface area contributed by atoms with Crippen LogP contribution in [0.15, 0.2) is 48.8 Å². The number of ether oxygens (including phenoxy) is 1. The van der Waals surface area contributed by atoms with Crippen molar-refractivity contribution in [2.24, 2.45) is 5.92 Å². The lowest BCUT2D eigenvalue weighted by molar-refractivity contribution is 0.300. The first-order valence-electron chi connectivity index (χ1n) is 6.35. The highest BCUT2D eigenvalue weighted by Crippen LogP contribution is 2.21. The summed E-state index contributed by atoms with van der Waals surface area (Å²) in [5.74, 6) is 1.52. The van der Waals surface area contributed by atoms with Gasteiger partial charge in [-0.1, -0.05) is 44.2 Å². The van der Waals surface area contributed by atoms with Gasteiger partial charge in [-0.3, -0.25) is 4.98 Å².